The van der Waals surface area contributed by atoms with Crippen LogP contribution in [-0.2, 0) is 11.2 Å². The molecule has 0 atom stereocenters. The number of aromatic nitrogens is 1. The summed E-state index contributed by atoms with van der Waals surface area (Å²) in [6, 6.07) is 2.08. The van der Waals surface area contributed by atoms with Gasteiger partial charge in [-0.25, -0.2) is 0 Å². The summed E-state index contributed by atoms with van der Waals surface area (Å²) in [4.78, 5) is 14.3. The van der Waals surface area contributed by atoms with E-state index < -0.39 is 0 Å². The minimum atomic E-state index is 0.289. The van der Waals surface area contributed by atoms with Crippen LogP contribution in [0.25, 0.3) is 0 Å². The third kappa shape index (κ3) is 6.88. The molecule has 1 rings (SSSR count). The summed E-state index contributed by atoms with van der Waals surface area (Å²) < 4.78 is 0. The molecule has 0 N–H and O–H groups in total. The molecule has 96 valence electrons. The van der Waals surface area contributed by atoms with Gasteiger partial charge < -0.3 is 4.79 Å². The van der Waals surface area contributed by atoms with E-state index >= 15 is 0 Å². The number of hydrogen-bond donors (Lipinski definition) is 0. The Bertz CT molecular complexity index is 325. The standard InChI is InChI=1S/C10H15N.C5H10O/c1-4-5-10-8(2)6-7-11-9(10)3;1-3-4-5(2)6/h6-7H,4-5H2,1-3H3;3-4H2,1-2H3. The zero-order valence-electron chi connectivity index (χ0n) is 11.8. The van der Waals surface area contributed by atoms with Gasteiger partial charge in [-0.1, -0.05) is 20.3 Å². The average Bonchev–Trinajstić information content (AvgIpc) is 2.24. The van der Waals surface area contributed by atoms with Crippen molar-refractivity contribution in [1.29, 1.82) is 0 Å². The van der Waals surface area contributed by atoms with E-state index in [9.17, 15) is 4.79 Å². The van der Waals surface area contributed by atoms with Gasteiger partial charge in [-0.05, 0) is 50.8 Å². The van der Waals surface area contributed by atoms with Crippen molar-refractivity contribution in [3.8, 4) is 0 Å². The predicted octanol–water partition coefficient (Wildman–Crippen LogP) is 4.03. The second-order valence-corrected chi connectivity index (χ2v) is 4.39. The summed E-state index contributed by atoms with van der Waals surface area (Å²) in [6.07, 6.45) is 5.96. The number of Topliss-reactive ketones (excluding diaryl/α,β-unsaturated/α-hetero) is 1. The molecular formula is C15H25NO. The highest BCUT2D eigenvalue weighted by molar-refractivity contribution is 5.75. The first-order valence-corrected chi connectivity index (χ1v) is 6.43. The second kappa shape index (κ2) is 8.91. The molecule has 0 aliphatic heterocycles. The van der Waals surface area contributed by atoms with E-state index in [4.69, 9.17) is 0 Å². The average molecular weight is 235 g/mol. The Hall–Kier alpha value is -1.18. The van der Waals surface area contributed by atoms with E-state index in [0.29, 0.717) is 0 Å². The fourth-order valence-electron chi connectivity index (χ4n) is 1.70. The van der Waals surface area contributed by atoms with Crippen LogP contribution >= 0.6 is 0 Å². The van der Waals surface area contributed by atoms with Gasteiger partial charge in [0.25, 0.3) is 0 Å². The highest BCUT2D eigenvalue weighted by atomic mass is 16.1. The van der Waals surface area contributed by atoms with Gasteiger partial charge in [-0.2, -0.15) is 0 Å². The zero-order chi connectivity index (χ0) is 13.3. The third-order valence-electron chi connectivity index (χ3n) is 2.61. The Labute approximate surface area is 105 Å². The van der Waals surface area contributed by atoms with Crippen LogP contribution in [0.2, 0.25) is 0 Å². The first kappa shape index (κ1) is 15.8. The van der Waals surface area contributed by atoms with Crippen molar-refractivity contribution in [1.82, 2.24) is 4.98 Å². The number of aryl methyl sites for hydroxylation is 2. The lowest BCUT2D eigenvalue weighted by Gasteiger charge is -2.05. The summed E-state index contributed by atoms with van der Waals surface area (Å²) in [7, 11) is 0. The molecule has 17 heavy (non-hydrogen) atoms. The van der Waals surface area contributed by atoms with Crippen molar-refractivity contribution >= 4 is 5.78 Å². The number of ketones is 1. The van der Waals surface area contributed by atoms with Gasteiger partial charge in [0.05, 0.1) is 0 Å². The lowest BCUT2D eigenvalue weighted by Crippen LogP contribution is -1.94. The Morgan fingerprint density at radius 1 is 1.24 bits per heavy atom. The second-order valence-electron chi connectivity index (χ2n) is 4.39. The summed E-state index contributed by atoms with van der Waals surface area (Å²) >= 11 is 0. The molecule has 0 aliphatic rings. The van der Waals surface area contributed by atoms with Gasteiger partial charge in [0.15, 0.2) is 0 Å². The van der Waals surface area contributed by atoms with Gasteiger partial charge in [0.2, 0.25) is 0 Å². The SMILES string of the molecule is CCCC(C)=O.CCCc1c(C)ccnc1C. The lowest BCUT2D eigenvalue weighted by atomic mass is 10.0. The molecule has 0 saturated heterocycles. The highest BCUT2D eigenvalue weighted by Crippen LogP contribution is 2.12. The quantitative estimate of drug-likeness (QED) is 0.788. The van der Waals surface area contributed by atoms with Crippen molar-refractivity contribution in [2.24, 2.45) is 0 Å². The number of carbonyl (C=O) groups is 1. The Morgan fingerprint density at radius 2 is 1.88 bits per heavy atom. The fourth-order valence-corrected chi connectivity index (χ4v) is 1.70. The first-order valence-electron chi connectivity index (χ1n) is 6.43. The van der Waals surface area contributed by atoms with Crippen LogP contribution in [0, 0.1) is 13.8 Å². The van der Waals surface area contributed by atoms with E-state index in [1.54, 1.807) is 6.92 Å². The Balaban J connectivity index is 0.000000366. The highest BCUT2D eigenvalue weighted by Gasteiger charge is 2.00. The van der Waals surface area contributed by atoms with Crippen LogP contribution in [-0.4, -0.2) is 10.8 Å². The molecule has 0 aromatic carbocycles. The van der Waals surface area contributed by atoms with E-state index in [1.165, 1.54) is 23.2 Å². The van der Waals surface area contributed by atoms with Crippen LogP contribution < -0.4 is 0 Å². The van der Waals surface area contributed by atoms with Crippen LogP contribution in [0.3, 0.4) is 0 Å². The van der Waals surface area contributed by atoms with Gasteiger partial charge in [0.1, 0.15) is 5.78 Å². The molecule has 0 spiro atoms. The van der Waals surface area contributed by atoms with Crippen LogP contribution in [0.5, 0.6) is 0 Å². The molecule has 0 radical (unpaired) electrons. The Kier molecular flexibility index (Phi) is 8.29. The maximum atomic E-state index is 10.0. The zero-order valence-corrected chi connectivity index (χ0v) is 11.8. The molecule has 0 bridgehead atoms. The molecule has 0 amide bonds. The largest absolute Gasteiger partial charge is 0.300 e. The Morgan fingerprint density at radius 3 is 2.24 bits per heavy atom. The van der Waals surface area contributed by atoms with Crippen molar-refractivity contribution in [3.63, 3.8) is 0 Å². The van der Waals surface area contributed by atoms with Gasteiger partial charge in [-0.15, -0.1) is 0 Å². The molecular weight excluding hydrogens is 210 g/mol. The smallest absolute Gasteiger partial charge is 0.129 e. The van der Waals surface area contributed by atoms with E-state index in [-0.39, 0.29) is 5.78 Å². The van der Waals surface area contributed by atoms with Gasteiger partial charge in [-0.3, -0.25) is 4.98 Å². The number of nitrogens with zero attached hydrogens (tertiary/aromatic N) is 1. The number of carbonyl (C=O) groups excluding carboxylic acids is 1. The maximum Gasteiger partial charge on any atom is 0.129 e. The summed E-state index contributed by atoms with van der Waals surface area (Å²) in [5.74, 6) is 0.289. The van der Waals surface area contributed by atoms with Crippen molar-refractivity contribution < 1.29 is 4.79 Å². The monoisotopic (exact) mass is 235 g/mol. The minimum Gasteiger partial charge on any atom is -0.300 e. The van der Waals surface area contributed by atoms with Gasteiger partial charge in [0, 0.05) is 18.3 Å². The molecule has 1 aromatic rings. The molecule has 0 unspecified atom stereocenters. The van der Waals surface area contributed by atoms with E-state index in [0.717, 1.165) is 19.3 Å². The molecule has 2 heteroatoms. The third-order valence-corrected chi connectivity index (χ3v) is 2.61. The van der Waals surface area contributed by atoms with Crippen LogP contribution in [0.4, 0.5) is 0 Å². The lowest BCUT2D eigenvalue weighted by molar-refractivity contribution is -0.117. The molecule has 0 saturated carbocycles. The van der Waals surface area contributed by atoms with E-state index in [2.05, 4.69) is 31.8 Å². The number of rotatable bonds is 4. The van der Waals surface area contributed by atoms with Crippen molar-refractivity contribution in [3.05, 3.63) is 29.1 Å². The minimum absolute atomic E-state index is 0.289. The molecule has 0 aliphatic carbocycles. The fraction of sp³-hybridized carbons (Fsp3) is 0.600. The summed E-state index contributed by atoms with van der Waals surface area (Å²) in [5.41, 5.74) is 3.99. The maximum absolute atomic E-state index is 10.0. The van der Waals surface area contributed by atoms with E-state index in [1.807, 2.05) is 13.1 Å². The van der Waals surface area contributed by atoms with Gasteiger partial charge >= 0.3 is 0 Å². The molecule has 1 heterocycles. The molecule has 0 fully saturated rings. The normalized spacial score (nSPS) is 9.47. The number of hydrogen-bond acceptors (Lipinski definition) is 2. The van der Waals surface area contributed by atoms with Crippen LogP contribution in [0.1, 0.15) is 56.9 Å². The molecule has 1 aromatic heterocycles. The topological polar surface area (TPSA) is 30.0 Å². The van der Waals surface area contributed by atoms with Crippen molar-refractivity contribution in [2.75, 3.05) is 0 Å². The predicted molar refractivity (Wildman–Crippen MR) is 73.3 cm³/mol. The number of pyridine rings is 1. The van der Waals surface area contributed by atoms with Crippen LogP contribution in [0.15, 0.2) is 12.3 Å². The summed E-state index contributed by atoms with van der Waals surface area (Å²) in [6.45, 7) is 10.1. The summed E-state index contributed by atoms with van der Waals surface area (Å²) in [5, 5.41) is 0. The first-order chi connectivity index (χ1) is 8.02. The van der Waals surface area contributed by atoms with Crippen molar-refractivity contribution in [2.45, 2.75) is 60.3 Å². The molecule has 2 nitrogen and oxygen atoms in total.